The smallest absolute Gasteiger partial charge is 0.387 e. The molecular formula is C53H74F2N4O3. The Balaban J connectivity index is 0.000000229. The van der Waals surface area contributed by atoms with Crippen LogP contribution in [0.15, 0.2) is 90.0 Å². The quantitative estimate of drug-likeness (QED) is 0.138. The van der Waals surface area contributed by atoms with Gasteiger partial charge < -0.3 is 19.7 Å². The third-order valence-corrected chi connectivity index (χ3v) is 13.4. The lowest BCUT2D eigenvalue weighted by Gasteiger charge is -2.34. The second kappa shape index (κ2) is 25.3. The maximum atomic E-state index is 13.9. The van der Waals surface area contributed by atoms with Crippen molar-refractivity contribution in [2.75, 3.05) is 59.5 Å². The Morgan fingerprint density at radius 3 is 1.82 bits per heavy atom. The zero-order valence-corrected chi connectivity index (χ0v) is 37.9. The lowest BCUT2D eigenvalue weighted by molar-refractivity contribution is -0.0512. The van der Waals surface area contributed by atoms with Gasteiger partial charge >= 0.3 is 6.61 Å². The highest BCUT2D eigenvalue weighted by atomic mass is 19.3. The molecule has 1 amide bonds. The average Bonchev–Trinajstić information content (AvgIpc) is 3.93. The Morgan fingerprint density at radius 1 is 0.710 bits per heavy atom. The van der Waals surface area contributed by atoms with Crippen molar-refractivity contribution in [2.24, 2.45) is 11.8 Å². The van der Waals surface area contributed by atoms with Crippen molar-refractivity contribution in [3.63, 3.8) is 0 Å². The molecule has 0 aromatic heterocycles. The number of nitrogens with zero attached hydrogens (tertiary/aromatic N) is 3. The van der Waals surface area contributed by atoms with Gasteiger partial charge in [-0.2, -0.15) is 8.78 Å². The fraction of sp³-hybridized carbons (Fsp3) is 0.566. The molecule has 3 aromatic carbocycles. The highest BCUT2D eigenvalue weighted by Gasteiger charge is 2.31. The topological polar surface area (TPSA) is 57.3 Å². The molecule has 4 fully saturated rings. The molecule has 0 bridgehead atoms. The van der Waals surface area contributed by atoms with Crippen LogP contribution in [0.4, 0.5) is 8.78 Å². The van der Waals surface area contributed by atoms with Gasteiger partial charge in [0.1, 0.15) is 0 Å². The summed E-state index contributed by atoms with van der Waals surface area (Å²) in [4.78, 5) is 21.1. The molecule has 338 valence electrons. The summed E-state index contributed by atoms with van der Waals surface area (Å²) in [7, 11) is 1.38. The van der Waals surface area contributed by atoms with E-state index in [4.69, 9.17) is 4.74 Å². The third-order valence-electron chi connectivity index (χ3n) is 13.4. The zero-order chi connectivity index (χ0) is 43.5. The number of halogens is 2. The van der Waals surface area contributed by atoms with Gasteiger partial charge in [0.15, 0.2) is 11.5 Å². The first-order chi connectivity index (χ1) is 30.2. The molecule has 7 rings (SSSR count). The van der Waals surface area contributed by atoms with E-state index in [0.717, 1.165) is 68.0 Å². The van der Waals surface area contributed by atoms with Crippen molar-refractivity contribution in [1.82, 2.24) is 20.0 Å². The zero-order valence-electron chi connectivity index (χ0n) is 37.9. The van der Waals surface area contributed by atoms with E-state index in [0.29, 0.717) is 24.7 Å². The van der Waals surface area contributed by atoms with Crippen LogP contribution >= 0.6 is 0 Å². The van der Waals surface area contributed by atoms with E-state index >= 15 is 0 Å². The summed E-state index contributed by atoms with van der Waals surface area (Å²) in [6.07, 6.45) is 23.3. The molecule has 0 unspecified atom stereocenters. The minimum atomic E-state index is -2.97. The van der Waals surface area contributed by atoms with Gasteiger partial charge in [-0.1, -0.05) is 122 Å². The van der Waals surface area contributed by atoms with Crippen LogP contribution in [0.1, 0.15) is 125 Å². The van der Waals surface area contributed by atoms with Crippen LogP contribution in [0.3, 0.4) is 0 Å². The van der Waals surface area contributed by atoms with Gasteiger partial charge in [-0.05, 0) is 119 Å². The van der Waals surface area contributed by atoms with Crippen molar-refractivity contribution in [2.45, 2.75) is 122 Å². The van der Waals surface area contributed by atoms with Crippen LogP contribution in [-0.4, -0.2) is 98.8 Å². The normalized spacial score (nSPS) is 20.9. The molecule has 2 saturated carbocycles. The number of likely N-dealkylation sites (tertiary alicyclic amines) is 2. The fourth-order valence-corrected chi connectivity index (χ4v) is 10.3. The molecular weight excluding hydrogens is 779 g/mol. The minimum absolute atomic E-state index is 0.0831. The first-order valence-electron chi connectivity index (χ1n) is 23.8. The molecule has 7 nitrogen and oxygen atoms in total. The number of alkyl halides is 2. The first kappa shape index (κ1) is 47.4. The van der Waals surface area contributed by atoms with Crippen LogP contribution in [0.2, 0.25) is 0 Å². The monoisotopic (exact) mass is 853 g/mol. The number of methoxy groups -OCH3 is 1. The highest BCUT2D eigenvalue weighted by molar-refractivity contribution is 5.95. The van der Waals surface area contributed by atoms with Crippen LogP contribution in [0.25, 0.3) is 12.2 Å². The molecule has 2 aliphatic carbocycles. The van der Waals surface area contributed by atoms with Crippen LogP contribution in [0, 0.1) is 11.8 Å². The number of benzene rings is 3. The van der Waals surface area contributed by atoms with Crippen molar-refractivity contribution in [3.05, 3.63) is 107 Å². The summed E-state index contributed by atoms with van der Waals surface area (Å²) in [6, 6.07) is 26.2. The number of nitrogens with one attached hydrogen (secondary N) is 1. The summed E-state index contributed by atoms with van der Waals surface area (Å²) >= 11 is 0. The molecule has 4 aliphatic rings. The largest absolute Gasteiger partial charge is 0.493 e. The van der Waals surface area contributed by atoms with E-state index in [-0.39, 0.29) is 17.4 Å². The second-order valence-electron chi connectivity index (χ2n) is 18.5. The molecule has 2 heterocycles. The van der Waals surface area contributed by atoms with E-state index in [2.05, 4.69) is 69.3 Å². The van der Waals surface area contributed by atoms with Gasteiger partial charge in [0.25, 0.3) is 5.91 Å². The van der Waals surface area contributed by atoms with E-state index in [1.807, 2.05) is 42.2 Å². The van der Waals surface area contributed by atoms with E-state index in [1.54, 1.807) is 6.07 Å². The lowest BCUT2D eigenvalue weighted by atomic mass is 9.89. The second-order valence-corrected chi connectivity index (χ2v) is 18.5. The van der Waals surface area contributed by atoms with Gasteiger partial charge in [0, 0.05) is 56.9 Å². The van der Waals surface area contributed by atoms with Crippen molar-refractivity contribution in [1.29, 1.82) is 0 Å². The predicted molar refractivity (Wildman–Crippen MR) is 251 cm³/mol. The highest BCUT2D eigenvalue weighted by Crippen LogP contribution is 2.32. The number of hydrogen-bond acceptors (Lipinski definition) is 6. The summed E-state index contributed by atoms with van der Waals surface area (Å²) in [5.74, 6) is 1.61. The summed E-state index contributed by atoms with van der Waals surface area (Å²) < 4.78 is 35.4. The van der Waals surface area contributed by atoms with Gasteiger partial charge in [-0.3, -0.25) is 14.6 Å². The maximum Gasteiger partial charge on any atom is 0.387 e. The Kier molecular flexibility index (Phi) is 19.4. The van der Waals surface area contributed by atoms with Gasteiger partial charge in [0.2, 0.25) is 0 Å². The molecule has 2 aliphatic heterocycles. The number of hydrogen-bond donors (Lipinski definition) is 1. The standard InChI is InChI=1S/C31H40F2N2O3.C22H34N2/c1-23(18-24-10-5-3-6-11-24)20-35(22-27-14-9-17-34(27)21-25-12-7-4-8-13-25)30(36)26-15-16-28(38-31(32)33)29(19-26)37-2;1-19(15-20-9-4-2-5-10-20)16-23-17-22-13-8-14-24(22)18-21-11-6-3-7-12-21/h3,5-6,10-11,15-16,18-19,25,27,31H,4,7-9,12-14,17,20-22H2,1-2H3;2,4-5,9-10,15,21-23H,3,6-8,11-14,16-18H2,1H3/b23-18+;19-15+/t27-;22-/m00/s1. The first-order valence-corrected chi connectivity index (χ1v) is 23.8. The molecule has 62 heavy (non-hydrogen) atoms. The van der Waals surface area contributed by atoms with Crippen molar-refractivity contribution >= 4 is 18.1 Å². The Morgan fingerprint density at radius 2 is 1.26 bits per heavy atom. The number of ether oxygens (including phenoxy) is 2. The maximum absolute atomic E-state index is 13.9. The van der Waals surface area contributed by atoms with E-state index in [9.17, 15) is 13.6 Å². The summed E-state index contributed by atoms with van der Waals surface area (Å²) in [5.41, 5.74) is 5.28. The van der Waals surface area contributed by atoms with Crippen molar-refractivity contribution in [3.8, 4) is 11.5 Å². The fourth-order valence-electron chi connectivity index (χ4n) is 10.3. The molecule has 0 radical (unpaired) electrons. The Hall–Kier alpha value is -4.05. The Bertz CT molecular complexity index is 1830. The Labute approximate surface area is 371 Å². The number of carbonyl (C=O) groups is 1. The van der Waals surface area contributed by atoms with Crippen LogP contribution in [-0.2, 0) is 0 Å². The molecule has 2 saturated heterocycles. The minimum Gasteiger partial charge on any atom is -0.493 e. The van der Waals surface area contributed by atoms with Gasteiger partial charge in [0.05, 0.1) is 7.11 Å². The van der Waals surface area contributed by atoms with E-state index < -0.39 is 6.61 Å². The molecule has 2 atom stereocenters. The van der Waals surface area contributed by atoms with Gasteiger partial charge in [-0.25, -0.2) is 0 Å². The lowest BCUT2D eigenvalue weighted by Crippen LogP contribution is -2.45. The van der Waals surface area contributed by atoms with Crippen LogP contribution in [0.5, 0.6) is 11.5 Å². The number of amides is 1. The number of carbonyl (C=O) groups excluding carboxylic acids is 1. The SMILES string of the molecule is C/C(=C\c1ccccc1)CNC[C@@H]1CCCN1CC1CCCCC1.COc1cc(C(=O)N(C/C(C)=C/c2ccccc2)C[C@@H]2CCCN2CC2CCCCC2)ccc1OC(F)F. The molecule has 0 spiro atoms. The third kappa shape index (κ3) is 15.3. The summed E-state index contributed by atoms with van der Waals surface area (Å²) in [5, 5.41) is 3.70. The molecule has 3 aromatic rings. The molecule has 9 heteroatoms. The molecule has 1 N–H and O–H groups in total. The predicted octanol–water partition coefficient (Wildman–Crippen LogP) is 11.6. The van der Waals surface area contributed by atoms with E-state index in [1.165, 1.54) is 121 Å². The number of rotatable bonds is 18. The van der Waals surface area contributed by atoms with Gasteiger partial charge in [-0.15, -0.1) is 0 Å². The summed E-state index contributed by atoms with van der Waals surface area (Å²) in [6.45, 7) is 9.43. The average molecular weight is 853 g/mol. The van der Waals surface area contributed by atoms with Crippen LogP contribution < -0.4 is 14.8 Å². The van der Waals surface area contributed by atoms with Crippen molar-refractivity contribution < 1.29 is 23.0 Å².